The molecule has 0 atom stereocenters. The Morgan fingerprint density at radius 2 is 1.50 bits per heavy atom. The lowest BCUT2D eigenvalue weighted by Crippen LogP contribution is -2.00. The van der Waals surface area contributed by atoms with Crippen molar-refractivity contribution in [2.75, 3.05) is 0 Å². The number of benzene rings is 4. The summed E-state index contributed by atoms with van der Waals surface area (Å²) in [5.74, 6) is 0.109. The molecule has 0 amide bonds. The van der Waals surface area contributed by atoms with E-state index in [-0.39, 0.29) is 11.5 Å². The van der Waals surface area contributed by atoms with Gasteiger partial charge in [-0.25, -0.2) is 0 Å². The minimum atomic E-state index is -0.0353. The molecule has 0 aliphatic heterocycles. The quantitative estimate of drug-likeness (QED) is 0.309. The van der Waals surface area contributed by atoms with Gasteiger partial charge in [0.05, 0.1) is 17.1 Å². The number of hydrogen-bond donors (Lipinski definition) is 2. The Hall–Kier alpha value is -4.32. The van der Waals surface area contributed by atoms with Gasteiger partial charge in [0.25, 0.3) is 0 Å². The van der Waals surface area contributed by atoms with E-state index in [0.717, 1.165) is 40.4 Å². The predicted molar refractivity (Wildman–Crippen MR) is 134 cm³/mol. The second kappa shape index (κ2) is 8.90. The van der Waals surface area contributed by atoms with E-state index in [9.17, 15) is 10.2 Å². The Morgan fingerprint density at radius 3 is 2.35 bits per heavy atom. The zero-order chi connectivity index (χ0) is 23.7. The van der Waals surface area contributed by atoms with Gasteiger partial charge in [-0.15, -0.1) is 5.11 Å². The maximum Gasteiger partial charge on any atom is 0.145 e. The van der Waals surface area contributed by atoms with Gasteiger partial charge in [0.2, 0.25) is 0 Å². The molecule has 0 aromatic heterocycles. The van der Waals surface area contributed by atoms with E-state index >= 15 is 0 Å². The molecule has 0 bridgehead atoms. The van der Waals surface area contributed by atoms with E-state index < -0.39 is 0 Å². The first kappa shape index (κ1) is 21.5. The van der Waals surface area contributed by atoms with Gasteiger partial charge >= 0.3 is 0 Å². The van der Waals surface area contributed by atoms with Crippen LogP contribution in [0.1, 0.15) is 22.3 Å². The van der Waals surface area contributed by atoms with Crippen LogP contribution in [-0.4, -0.2) is 10.2 Å². The van der Waals surface area contributed by atoms with Crippen LogP contribution in [0.3, 0.4) is 0 Å². The van der Waals surface area contributed by atoms with Gasteiger partial charge in [0.15, 0.2) is 0 Å². The Morgan fingerprint density at radius 1 is 0.706 bits per heavy atom. The van der Waals surface area contributed by atoms with Crippen LogP contribution in [0.25, 0.3) is 10.8 Å². The lowest BCUT2D eigenvalue weighted by atomic mass is 9.95. The molecule has 2 N–H and O–H groups in total. The summed E-state index contributed by atoms with van der Waals surface area (Å²) in [6.07, 6.45) is 3.68. The number of aryl methyl sites for hydroxylation is 2. The molecule has 0 saturated heterocycles. The molecule has 168 valence electrons. The van der Waals surface area contributed by atoms with E-state index in [4.69, 9.17) is 0 Å². The van der Waals surface area contributed by atoms with Crippen LogP contribution in [-0.2, 0) is 12.8 Å². The predicted octanol–water partition coefficient (Wildman–Crippen LogP) is 8.05. The molecule has 0 radical (unpaired) electrons. The molecule has 4 aromatic rings. The smallest absolute Gasteiger partial charge is 0.145 e. The molecule has 6 heteroatoms. The van der Waals surface area contributed by atoms with Crippen molar-refractivity contribution in [3.8, 4) is 11.5 Å². The molecule has 1 aliphatic carbocycles. The Bertz CT molecular complexity index is 1500. The summed E-state index contributed by atoms with van der Waals surface area (Å²) in [6, 6.07) is 20.9. The van der Waals surface area contributed by atoms with Crippen LogP contribution in [0.15, 0.2) is 99.0 Å². The molecule has 34 heavy (non-hydrogen) atoms. The van der Waals surface area contributed by atoms with Gasteiger partial charge in [-0.1, -0.05) is 48.0 Å². The van der Waals surface area contributed by atoms with Gasteiger partial charge in [0, 0.05) is 23.9 Å². The molecular formula is C28H24N4O2. The lowest BCUT2D eigenvalue weighted by molar-refractivity contribution is 0.476. The van der Waals surface area contributed by atoms with Crippen molar-refractivity contribution in [1.82, 2.24) is 0 Å². The number of phenolic OH excluding ortho intramolecular Hbond substituents is 2. The van der Waals surface area contributed by atoms with E-state index in [1.54, 1.807) is 18.2 Å². The van der Waals surface area contributed by atoms with Crippen molar-refractivity contribution in [3.05, 3.63) is 101 Å². The molecule has 5 rings (SSSR count). The van der Waals surface area contributed by atoms with E-state index in [1.165, 1.54) is 11.1 Å². The number of rotatable bonds is 4. The first-order valence-corrected chi connectivity index (χ1v) is 11.1. The molecule has 4 aromatic carbocycles. The maximum atomic E-state index is 10.5. The van der Waals surface area contributed by atoms with Crippen molar-refractivity contribution in [3.63, 3.8) is 0 Å². The molecule has 0 spiro atoms. The van der Waals surface area contributed by atoms with Gasteiger partial charge in [-0.3, -0.25) is 0 Å². The SMILES string of the molecule is Cc1ccc2cc(N=Nc3cc(C)c(N=NC4=CCc5ccccc5C4)cc3O)cc(O)c2c1. The van der Waals surface area contributed by atoms with Crippen LogP contribution < -0.4 is 0 Å². The van der Waals surface area contributed by atoms with E-state index in [0.29, 0.717) is 17.1 Å². The summed E-state index contributed by atoms with van der Waals surface area (Å²) in [4.78, 5) is 0. The third-order valence-corrected chi connectivity index (χ3v) is 5.97. The fourth-order valence-electron chi connectivity index (χ4n) is 4.08. The summed E-state index contributed by atoms with van der Waals surface area (Å²) in [6.45, 7) is 3.87. The normalized spacial score (nSPS) is 13.5. The fourth-order valence-corrected chi connectivity index (χ4v) is 4.08. The summed E-state index contributed by atoms with van der Waals surface area (Å²) < 4.78 is 0. The van der Waals surface area contributed by atoms with Gasteiger partial charge in [-0.05, 0) is 60.5 Å². The summed E-state index contributed by atoms with van der Waals surface area (Å²) in [5.41, 5.74) is 6.79. The molecule has 6 nitrogen and oxygen atoms in total. The highest BCUT2D eigenvalue weighted by molar-refractivity contribution is 5.91. The number of azo groups is 2. The third-order valence-electron chi connectivity index (χ3n) is 5.97. The summed E-state index contributed by atoms with van der Waals surface area (Å²) in [5, 5.41) is 39.7. The molecule has 1 aliphatic rings. The van der Waals surface area contributed by atoms with E-state index in [1.807, 2.05) is 50.2 Å². The largest absolute Gasteiger partial charge is 0.507 e. The Balaban J connectivity index is 1.36. The highest BCUT2D eigenvalue weighted by Crippen LogP contribution is 2.37. The van der Waals surface area contributed by atoms with Crippen molar-refractivity contribution in [1.29, 1.82) is 0 Å². The topological polar surface area (TPSA) is 89.9 Å². The third kappa shape index (κ3) is 4.43. The van der Waals surface area contributed by atoms with Crippen molar-refractivity contribution in [2.45, 2.75) is 26.7 Å². The minimum absolute atomic E-state index is 0.0353. The zero-order valence-corrected chi connectivity index (χ0v) is 19.0. The van der Waals surface area contributed by atoms with Crippen molar-refractivity contribution in [2.24, 2.45) is 20.5 Å². The van der Waals surface area contributed by atoms with Crippen LogP contribution in [0.2, 0.25) is 0 Å². The monoisotopic (exact) mass is 448 g/mol. The lowest BCUT2D eigenvalue weighted by Gasteiger charge is -2.13. The Labute approximate surface area is 197 Å². The molecule has 0 fully saturated rings. The number of nitrogens with zero attached hydrogens (tertiary/aromatic N) is 4. The maximum absolute atomic E-state index is 10.5. The summed E-state index contributed by atoms with van der Waals surface area (Å²) >= 11 is 0. The van der Waals surface area contributed by atoms with Gasteiger partial charge < -0.3 is 10.2 Å². The van der Waals surface area contributed by atoms with Crippen LogP contribution in [0.4, 0.5) is 17.1 Å². The van der Waals surface area contributed by atoms with Crippen molar-refractivity contribution >= 4 is 27.8 Å². The second-order valence-corrected chi connectivity index (χ2v) is 8.56. The molecule has 0 saturated carbocycles. The van der Waals surface area contributed by atoms with Gasteiger partial charge in [-0.2, -0.15) is 15.3 Å². The zero-order valence-electron chi connectivity index (χ0n) is 19.0. The number of aromatic hydroxyl groups is 2. The number of allylic oxidation sites excluding steroid dienone is 2. The first-order chi connectivity index (χ1) is 16.5. The minimum Gasteiger partial charge on any atom is -0.507 e. The number of hydrogen-bond acceptors (Lipinski definition) is 6. The number of fused-ring (bicyclic) bond motifs is 2. The van der Waals surface area contributed by atoms with Crippen molar-refractivity contribution < 1.29 is 10.2 Å². The molecule has 0 unspecified atom stereocenters. The Kier molecular flexibility index (Phi) is 5.64. The highest BCUT2D eigenvalue weighted by atomic mass is 16.3. The van der Waals surface area contributed by atoms with E-state index in [2.05, 4.69) is 38.7 Å². The van der Waals surface area contributed by atoms with Crippen LogP contribution in [0, 0.1) is 13.8 Å². The summed E-state index contributed by atoms with van der Waals surface area (Å²) in [7, 11) is 0. The first-order valence-electron chi connectivity index (χ1n) is 11.1. The average molecular weight is 449 g/mol. The van der Waals surface area contributed by atoms with Crippen LogP contribution >= 0.6 is 0 Å². The number of phenols is 2. The second-order valence-electron chi connectivity index (χ2n) is 8.56. The molecule has 0 heterocycles. The van der Waals surface area contributed by atoms with Gasteiger partial charge in [0.1, 0.15) is 17.2 Å². The highest BCUT2D eigenvalue weighted by Gasteiger charge is 2.11. The molecular weight excluding hydrogens is 424 g/mol. The van der Waals surface area contributed by atoms with Crippen LogP contribution in [0.5, 0.6) is 11.5 Å². The fraction of sp³-hybridized carbons (Fsp3) is 0.143. The standard InChI is InChI=1S/C28H24N4O2/c1-17-7-8-21-14-23(15-27(33)24(21)11-17)30-32-26-12-18(2)25(16-28(26)34)31-29-22-10-9-19-5-3-4-6-20(19)13-22/h3-8,10-12,14-16,33-34H,9,13H2,1-2H3. The average Bonchev–Trinajstić information content (AvgIpc) is 2.83.